The van der Waals surface area contributed by atoms with Gasteiger partial charge in [-0.1, -0.05) is 12.1 Å². The van der Waals surface area contributed by atoms with Crippen molar-refractivity contribution in [2.45, 2.75) is 39.3 Å². The van der Waals surface area contributed by atoms with E-state index in [1.165, 1.54) is 0 Å². The van der Waals surface area contributed by atoms with Gasteiger partial charge in [0.15, 0.2) is 5.96 Å². The lowest BCUT2D eigenvalue weighted by Gasteiger charge is -2.20. The molecule has 1 aromatic rings. The van der Waals surface area contributed by atoms with Gasteiger partial charge in [-0.25, -0.2) is 0 Å². The topological polar surface area (TPSA) is 84.0 Å². The molecule has 7 nitrogen and oxygen atoms in total. The van der Waals surface area contributed by atoms with Gasteiger partial charge < -0.3 is 25.4 Å². The van der Waals surface area contributed by atoms with Crippen LogP contribution in [-0.4, -0.2) is 57.9 Å². The molecule has 0 heterocycles. The molecular weight excluding hydrogens is 344 g/mol. The molecule has 7 heteroatoms. The first kappa shape index (κ1) is 22.9. The summed E-state index contributed by atoms with van der Waals surface area (Å²) in [6.45, 7) is 9.16. The fourth-order valence-electron chi connectivity index (χ4n) is 2.27. The van der Waals surface area contributed by atoms with E-state index in [0.717, 1.165) is 24.5 Å². The van der Waals surface area contributed by atoms with Crippen LogP contribution in [0.1, 0.15) is 43.1 Å². The molecule has 0 bridgehead atoms. The number of aliphatic imine (C=N–C) groups is 1. The molecule has 152 valence electrons. The van der Waals surface area contributed by atoms with E-state index in [9.17, 15) is 4.79 Å². The van der Waals surface area contributed by atoms with Crippen molar-refractivity contribution in [1.82, 2.24) is 16.0 Å². The number of rotatable bonds is 10. The van der Waals surface area contributed by atoms with Crippen LogP contribution in [0.5, 0.6) is 0 Å². The summed E-state index contributed by atoms with van der Waals surface area (Å²) >= 11 is 0. The van der Waals surface area contributed by atoms with Crippen LogP contribution in [0.3, 0.4) is 0 Å². The predicted molar refractivity (Wildman–Crippen MR) is 109 cm³/mol. The minimum atomic E-state index is -0.259. The van der Waals surface area contributed by atoms with Crippen molar-refractivity contribution >= 4 is 11.9 Å². The van der Waals surface area contributed by atoms with Gasteiger partial charge in [-0.15, -0.1) is 0 Å². The fourth-order valence-corrected chi connectivity index (χ4v) is 2.27. The first-order valence-corrected chi connectivity index (χ1v) is 9.28. The molecule has 0 saturated carbocycles. The fraction of sp³-hybridized carbons (Fsp3) is 0.600. The zero-order chi connectivity index (χ0) is 20.1. The molecule has 1 aromatic carbocycles. The second-order valence-corrected chi connectivity index (χ2v) is 7.22. The van der Waals surface area contributed by atoms with Crippen molar-refractivity contribution in [2.24, 2.45) is 4.99 Å². The van der Waals surface area contributed by atoms with Crippen LogP contribution in [0.2, 0.25) is 0 Å². The van der Waals surface area contributed by atoms with Crippen LogP contribution in [0.4, 0.5) is 0 Å². The van der Waals surface area contributed by atoms with Gasteiger partial charge in [0.05, 0.1) is 13.2 Å². The lowest BCUT2D eigenvalue weighted by atomic mass is 10.1. The average Bonchev–Trinajstić information content (AvgIpc) is 2.62. The van der Waals surface area contributed by atoms with Crippen LogP contribution >= 0.6 is 0 Å². The van der Waals surface area contributed by atoms with Crippen molar-refractivity contribution in [3.05, 3.63) is 35.4 Å². The summed E-state index contributed by atoms with van der Waals surface area (Å²) in [6, 6.07) is 7.59. The van der Waals surface area contributed by atoms with Gasteiger partial charge in [0, 0.05) is 45.0 Å². The maximum atomic E-state index is 12.3. The van der Waals surface area contributed by atoms with Crippen LogP contribution in [0.25, 0.3) is 0 Å². The molecule has 27 heavy (non-hydrogen) atoms. The number of nitrogens with zero attached hydrogens (tertiary/aromatic N) is 1. The molecule has 0 aliphatic carbocycles. The molecule has 0 unspecified atom stereocenters. The standard InChI is InChI=1S/C20H34N4O3/c1-20(2,3)24-18(25)17-9-6-8-16(14-17)15-23-19(21-4)22-10-7-11-27-13-12-26-5/h6,8-9,14H,7,10-13,15H2,1-5H3,(H,24,25)(H2,21,22,23). The SMILES string of the molecule is CN=C(NCCCOCCOC)NCc1cccc(C(=O)NC(C)(C)C)c1. The highest BCUT2D eigenvalue weighted by molar-refractivity contribution is 5.94. The lowest BCUT2D eigenvalue weighted by molar-refractivity contribution is 0.0698. The quantitative estimate of drug-likeness (QED) is 0.329. The molecule has 1 rings (SSSR count). The molecule has 0 radical (unpaired) electrons. The number of methoxy groups -OCH3 is 1. The predicted octanol–water partition coefficient (Wildman–Crippen LogP) is 1.93. The van der Waals surface area contributed by atoms with Crippen LogP contribution in [-0.2, 0) is 16.0 Å². The first-order chi connectivity index (χ1) is 12.9. The summed E-state index contributed by atoms with van der Waals surface area (Å²) in [5.74, 6) is 0.650. The second-order valence-electron chi connectivity index (χ2n) is 7.22. The third-order valence-corrected chi connectivity index (χ3v) is 3.55. The normalized spacial score (nSPS) is 12.0. The number of ether oxygens (including phenoxy) is 2. The van der Waals surface area contributed by atoms with E-state index in [1.807, 2.05) is 45.0 Å². The molecule has 1 amide bonds. The maximum Gasteiger partial charge on any atom is 0.251 e. The minimum Gasteiger partial charge on any atom is -0.382 e. The molecule has 3 N–H and O–H groups in total. The van der Waals surface area contributed by atoms with E-state index in [4.69, 9.17) is 9.47 Å². The Kier molecular flexibility index (Phi) is 10.4. The number of carbonyl (C=O) groups excluding carboxylic acids is 1. The molecule has 0 aromatic heterocycles. The van der Waals surface area contributed by atoms with Gasteiger partial charge in [0.25, 0.3) is 5.91 Å². The number of guanidine groups is 1. The minimum absolute atomic E-state index is 0.0691. The van der Waals surface area contributed by atoms with Crippen molar-refractivity contribution in [3.63, 3.8) is 0 Å². The number of nitrogens with one attached hydrogen (secondary N) is 3. The van der Waals surface area contributed by atoms with E-state index in [-0.39, 0.29) is 11.4 Å². The zero-order valence-electron chi connectivity index (χ0n) is 17.2. The van der Waals surface area contributed by atoms with Gasteiger partial charge in [-0.3, -0.25) is 9.79 Å². The van der Waals surface area contributed by atoms with Gasteiger partial charge in [0.1, 0.15) is 0 Å². The van der Waals surface area contributed by atoms with Crippen molar-refractivity contribution in [1.29, 1.82) is 0 Å². The Hall–Kier alpha value is -2.12. The Bertz CT molecular complexity index is 597. The Labute approximate surface area is 162 Å². The summed E-state index contributed by atoms with van der Waals surface area (Å²) in [5, 5.41) is 9.48. The Morgan fingerprint density at radius 3 is 2.59 bits per heavy atom. The van der Waals surface area contributed by atoms with Crippen LogP contribution in [0, 0.1) is 0 Å². The molecule has 0 aliphatic rings. The maximum absolute atomic E-state index is 12.3. The number of benzene rings is 1. The van der Waals surface area contributed by atoms with Gasteiger partial charge >= 0.3 is 0 Å². The van der Waals surface area contributed by atoms with E-state index >= 15 is 0 Å². The smallest absolute Gasteiger partial charge is 0.251 e. The van der Waals surface area contributed by atoms with Gasteiger partial charge in [-0.05, 0) is 44.9 Å². The zero-order valence-corrected chi connectivity index (χ0v) is 17.2. The third kappa shape index (κ3) is 10.6. The highest BCUT2D eigenvalue weighted by Gasteiger charge is 2.15. The van der Waals surface area contributed by atoms with Crippen LogP contribution < -0.4 is 16.0 Å². The van der Waals surface area contributed by atoms with E-state index in [2.05, 4.69) is 20.9 Å². The van der Waals surface area contributed by atoms with E-state index < -0.39 is 0 Å². The summed E-state index contributed by atoms with van der Waals surface area (Å²) < 4.78 is 10.4. The van der Waals surface area contributed by atoms with Crippen LogP contribution in [0.15, 0.2) is 29.3 Å². The number of carbonyl (C=O) groups is 1. The van der Waals surface area contributed by atoms with E-state index in [0.29, 0.717) is 31.9 Å². The molecule has 0 fully saturated rings. The summed E-state index contributed by atoms with van der Waals surface area (Å²) in [7, 11) is 3.39. The number of amides is 1. The molecule has 0 saturated heterocycles. The monoisotopic (exact) mass is 378 g/mol. The highest BCUT2D eigenvalue weighted by atomic mass is 16.5. The first-order valence-electron chi connectivity index (χ1n) is 9.28. The van der Waals surface area contributed by atoms with Gasteiger partial charge in [-0.2, -0.15) is 0 Å². The molecular formula is C20H34N4O3. The van der Waals surface area contributed by atoms with Crippen molar-refractivity contribution in [2.75, 3.05) is 40.5 Å². The third-order valence-electron chi connectivity index (χ3n) is 3.55. The Morgan fingerprint density at radius 1 is 1.15 bits per heavy atom. The Morgan fingerprint density at radius 2 is 1.93 bits per heavy atom. The second kappa shape index (κ2) is 12.3. The molecule has 0 atom stereocenters. The van der Waals surface area contributed by atoms with Gasteiger partial charge in [0.2, 0.25) is 0 Å². The lowest BCUT2D eigenvalue weighted by Crippen LogP contribution is -2.40. The summed E-state index contributed by atoms with van der Waals surface area (Å²) in [4.78, 5) is 16.5. The highest BCUT2D eigenvalue weighted by Crippen LogP contribution is 2.08. The van der Waals surface area contributed by atoms with Crippen molar-refractivity contribution < 1.29 is 14.3 Å². The summed E-state index contributed by atoms with van der Waals surface area (Å²) in [6.07, 6.45) is 0.882. The summed E-state index contributed by atoms with van der Waals surface area (Å²) in [5.41, 5.74) is 1.41. The molecule has 0 aliphatic heterocycles. The largest absolute Gasteiger partial charge is 0.382 e. The number of hydrogen-bond donors (Lipinski definition) is 3. The molecule has 0 spiro atoms. The van der Waals surface area contributed by atoms with E-state index in [1.54, 1.807) is 14.2 Å². The van der Waals surface area contributed by atoms with Crippen molar-refractivity contribution in [3.8, 4) is 0 Å². The average molecular weight is 379 g/mol. The number of hydrogen-bond acceptors (Lipinski definition) is 4. The Balaban J connectivity index is 2.40.